The van der Waals surface area contributed by atoms with E-state index in [0.29, 0.717) is 24.4 Å². The molecule has 2 amide bonds. The largest absolute Gasteiger partial charge is 0.495 e. The normalized spacial score (nSPS) is 10.2. The zero-order chi connectivity index (χ0) is 18.2. The van der Waals surface area contributed by atoms with Gasteiger partial charge in [0.1, 0.15) is 11.6 Å². The molecular formula is C19H21FN2O3. The number of rotatable bonds is 7. The highest BCUT2D eigenvalue weighted by atomic mass is 19.1. The molecule has 0 saturated heterocycles. The molecule has 0 aliphatic heterocycles. The molecule has 0 atom stereocenters. The van der Waals surface area contributed by atoms with E-state index in [4.69, 9.17) is 4.74 Å². The van der Waals surface area contributed by atoms with Crippen LogP contribution in [0.2, 0.25) is 0 Å². The fourth-order valence-corrected chi connectivity index (χ4v) is 2.39. The molecule has 0 aliphatic rings. The lowest BCUT2D eigenvalue weighted by atomic mass is 10.1. The number of halogens is 1. The van der Waals surface area contributed by atoms with Crippen molar-refractivity contribution in [3.63, 3.8) is 0 Å². The van der Waals surface area contributed by atoms with Crippen molar-refractivity contribution in [1.29, 1.82) is 0 Å². The van der Waals surface area contributed by atoms with E-state index in [-0.39, 0.29) is 24.1 Å². The van der Waals surface area contributed by atoms with Crippen LogP contribution in [-0.4, -0.2) is 25.5 Å². The summed E-state index contributed by atoms with van der Waals surface area (Å²) in [4.78, 5) is 23.2. The average molecular weight is 344 g/mol. The van der Waals surface area contributed by atoms with Crippen molar-refractivity contribution in [2.45, 2.75) is 19.8 Å². The number of benzene rings is 2. The third-order valence-corrected chi connectivity index (χ3v) is 3.59. The standard InChI is InChI=1S/C19H21FN2O3/c1-13(23)22-17-11-15(5-8-18(17)25-2)9-10-21-19(24)12-14-3-6-16(20)7-4-14/h3-8,11H,9-10,12H2,1-2H3,(H,21,24)(H,22,23). The minimum atomic E-state index is -0.321. The van der Waals surface area contributed by atoms with E-state index in [1.165, 1.54) is 26.2 Å². The maximum Gasteiger partial charge on any atom is 0.224 e. The lowest BCUT2D eigenvalue weighted by Gasteiger charge is -2.11. The fraction of sp³-hybridized carbons (Fsp3) is 0.263. The van der Waals surface area contributed by atoms with Crippen molar-refractivity contribution in [2.75, 3.05) is 19.0 Å². The van der Waals surface area contributed by atoms with Crippen LogP contribution in [0.4, 0.5) is 10.1 Å². The van der Waals surface area contributed by atoms with Crippen LogP contribution in [0.25, 0.3) is 0 Å². The van der Waals surface area contributed by atoms with E-state index in [9.17, 15) is 14.0 Å². The number of nitrogens with one attached hydrogen (secondary N) is 2. The summed E-state index contributed by atoms with van der Waals surface area (Å²) >= 11 is 0. The van der Waals surface area contributed by atoms with Gasteiger partial charge in [0.15, 0.2) is 0 Å². The summed E-state index contributed by atoms with van der Waals surface area (Å²) in [6.45, 7) is 1.90. The first-order valence-corrected chi connectivity index (χ1v) is 7.93. The number of hydrogen-bond donors (Lipinski definition) is 2. The van der Waals surface area contributed by atoms with Crippen LogP contribution in [-0.2, 0) is 22.4 Å². The third-order valence-electron chi connectivity index (χ3n) is 3.59. The second kappa shape index (κ2) is 8.82. The number of amides is 2. The number of hydrogen-bond acceptors (Lipinski definition) is 3. The van der Waals surface area contributed by atoms with Crippen LogP contribution in [0.5, 0.6) is 5.75 Å². The molecule has 2 rings (SSSR count). The third kappa shape index (κ3) is 5.91. The Balaban J connectivity index is 1.87. The molecule has 0 aliphatic carbocycles. The molecule has 0 bridgehead atoms. The molecule has 132 valence electrons. The van der Waals surface area contributed by atoms with Crippen LogP contribution in [0.15, 0.2) is 42.5 Å². The summed E-state index contributed by atoms with van der Waals surface area (Å²) in [5.41, 5.74) is 2.33. The van der Waals surface area contributed by atoms with Gasteiger partial charge in [-0.1, -0.05) is 18.2 Å². The molecule has 0 radical (unpaired) electrons. The Morgan fingerprint density at radius 1 is 1.08 bits per heavy atom. The highest BCUT2D eigenvalue weighted by Crippen LogP contribution is 2.25. The van der Waals surface area contributed by atoms with Crippen molar-refractivity contribution < 1.29 is 18.7 Å². The Bertz CT molecular complexity index is 745. The SMILES string of the molecule is COc1ccc(CCNC(=O)Cc2ccc(F)cc2)cc1NC(C)=O. The lowest BCUT2D eigenvalue weighted by molar-refractivity contribution is -0.120. The molecule has 0 heterocycles. The zero-order valence-electron chi connectivity index (χ0n) is 14.3. The molecule has 0 aromatic heterocycles. The van der Waals surface area contributed by atoms with Crippen LogP contribution in [0.3, 0.4) is 0 Å². The van der Waals surface area contributed by atoms with Crippen molar-refractivity contribution in [3.05, 3.63) is 59.4 Å². The van der Waals surface area contributed by atoms with Gasteiger partial charge in [-0.25, -0.2) is 4.39 Å². The van der Waals surface area contributed by atoms with E-state index in [1.807, 2.05) is 12.1 Å². The fourth-order valence-electron chi connectivity index (χ4n) is 2.39. The van der Waals surface area contributed by atoms with Crippen molar-refractivity contribution in [2.24, 2.45) is 0 Å². The van der Waals surface area contributed by atoms with Gasteiger partial charge in [0.25, 0.3) is 0 Å². The molecule has 2 N–H and O–H groups in total. The first kappa shape index (κ1) is 18.4. The summed E-state index contributed by atoms with van der Waals surface area (Å²) in [6.07, 6.45) is 0.825. The Kier molecular flexibility index (Phi) is 6.51. The predicted octanol–water partition coefficient (Wildman–Crippen LogP) is 2.69. The number of ether oxygens (including phenoxy) is 1. The van der Waals surface area contributed by atoms with Gasteiger partial charge in [0, 0.05) is 13.5 Å². The molecule has 6 heteroatoms. The minimum absolute atomic E-state index is 0.123. The second-order valence-electron chi connectivity index (χ2n) is 5.62. The van der Waals surface area contributed by atoms with Crippen molar-refractivity contribution >= 4 is 17.5 Å². The summed E-state index contributed by atoms with van der Waals surface area (Å²) in [6, 6.07) is 11.4. The van der Waals surface area contributed by atoms with E-state index in [0.717, 1.165) is 11.1 Å². The van der Waals surface area contributed by atoms with Crippen LogP contribution < -0.4 is 15.4 Å². The molecule has 0 spiro atoms. The maximum atomic E-state index is 12.8. The summed E-state index contributed by atoms with van der Waals surface area (Å²) in [7, 11) is 1.54. The molecule has 0 fully saturated rings. The number of methoxy groups -OCH3 is 1. The molecule has 0 saturated carbocycles. The zero-order valence-corrected chi connectivity index (χ0v) is 14.3. The van der Waals surface area contributed by atoms with Gasteiger partial charge in [0.05, 0.1) is 19.2 Å². The topological polar surface area (TPSA) is 67.4 Å². The quantitative estimate of drug-likeness (QED) is 0.811. The highest BCUT2D eigenvalue weighted by Gasteiger charge is 2.07. The van der Waals surface area contributed by atoms with E-state index < -0.39 is 0 Å². The summed E-state index contributed by atoms with van der Waals surface area (Å²) in [5, 5.41) is 5.55. The van der Waals surface area contributed by atoms with Crippen molar-refractivity contribution in [3.8, 4) is 5.75 Å². The van der Waals surface area contributed by atoms with Gasteiger partial charge in [0.2, 0.25) is 11.8 Å². The molecule has 0 unspecified atom stereocenters. The Morgan fingerprint density at radius 3 is 2.40 bits per heavy atom. The molecule has 2 aromatic carbocycles. The lowest BCUT2D eigenvalue weighted by Crippen LogP contribution is -2.27. The Morgan fingerprint density at radius 2 is 1.76 bits per heavy atom. The van der Waals surface area contributed by atoms with Crippen LogP contribution >= 0.6 is 0 Å². The van der Waals surface area contributed by atoms with Gasteiger partial charge in [-0.05, 0) is 41.8 Å². The van der Waals surface area contributed by atoms with E-state index in [1.54, 1.807) is 18.2 Å². The smallest absolute Gasteiger partial charge is 0.224 e. The molecule has 5 nitrogen and oxygen atoms in total. The van der Waals surface area contributed by atoms with Gasteiger partial charge in [-0.3, -0.25) is 9.59 Å². The van der Waals surface area contributed by atoms with Gasteiger partial charge in [-0.2, -0.15) is 0 Å². The minimum Gasteiger partial charge on any atom is -0.495 e. The monoisotopic (exact) mass is 344 g/mol. The Labute approximate surface area is 146 Å². The summed E-state index contributed by atoms with van der Waals surface area (Å²) < 4.78 is 18.1. The summed E-state index contributed by atoms with van der Waals surface area (Å²) in [5.74, 6) is -0.0387. The van der Waals surface area contributed by atoms with Crippen molar-refractivity contribution in [1.82, 2.24) is 5.32 Å². The van der Waals surface area contributed by atoms with Crippen LogP contribution in [0, 0.1) is 5.82 Å². The van der Waals surface area contributed by atoms with Crippen LogP contribution in [0.1, 0.15) is 18.1 Å². The first-order chi connectivity index (χ1) is 12.0. The first-order valence-electron chi connectivity index (χ1n) is 7.93. The predicted molar refractivity (Wildman–Crippen MR) is 94.1 cm³/mol. The number of anilines is 1. The molecular weight excluding hydrogens is 323 g/mol. The molecule has 2 aromatic rings. The maximum absolute atomic E-state index is 12.8. The highest BCUT2D eigenvalue weighted by molar-refractivity contribution is 5.90. The van der Waals surface area contributed by atoms with Gasteiger partial charge < -0.3 is 15.4 Å². The molecule has 25 heavy (non-hydrogen) atoms. The second-order valence-corrected chi connectivity index (χ2v) is 5.62. The van der Waals surface area contributed by atoms with Gasteiger partial charge in [-0.15, -0.1) is 0 Å². The number of carbonyl (C=O) groups is 2. The Hall–Kier alpha value is -2.89. The van der Waals surface area contributed by atoms with Gasteiger partial charge >= 0.3 is 0 Å². The van der Waals surface area contributed by atoms with E-state index >= 15 is 0 Å². The number of carbonyl (C=O) groups excluding carboxylic acids is 2. The van der Waals surface area contributed by atoms with E-state index in [2.05, 4.69) is 10.6 Å². The average Bonchev–Trinajstić information content (AvgIpc) is 2.57.